The topological polar surface area (TPSA) is 580 Å². The van der Waals surface area contributed by atoms with E-state index in [4.69, 9.17) is 73.4 Å². The van der Waals surface area contributed by atoms with Gasteiger partial charge in [-0.15, -0.1) is 0 Å². The van der Waals surface area contributed by atoms with Crippen molar-refractivity contribution in [2.45, 2.75) is 150 Å². The number of nitrogen functional groups attached to an aromatic ring is 3. The van der Waals surface area contributed by atoms with Gasteiger partial charge >= 0.3 is 38.1 Å². The van der Waals surface area contributed by atoms with Gasteiger partial charge in [-0.2, -0.15) is 29.9 Å². The minimum absolute atomic E-state index is 0.0761. The van der Waals surface area contributed by atoms with Crippen molar-refractivity contribution < 1.29 is 115 Å². The molecule has 0 saturated carbocycles. The standard InChI is InChI=1S/3C23H29N6O8PS/c3*1-12(13-7-5-4-6-8-13)36-20(31)14-10-39-38(33,28-14)35-9-15-17(30)23(2,32)21(37-15)29-11-25-16-18(29)26-22(24)27-19(16)34-3/h3*4-8,11-12,14-15,17,21,30,32H,9-10H2,1-3H3,(H,28,33)(H2,24,26,27)/t12-,14-,15?,17-,21-,23-,38?;12-,14-,15?,17-,21-,23-,38+;12-,14-,15?,17-,21-,23-,38-/m111/s1. The highest BCUT2D eigenvalue weighted by molar-refractivity contribution is 8.57. The number of methoxy groups -OCH3 is 3. The van der Waals surface area contributed by atoms with E-state index in [0.29, 0.717) is 0 Å². The van der Waals surface area contributed by atoms with Crippen LogP contribution in [-0.4, -0.2) is 237 Å². The van der Waals surface area contributed by atoms with E-state index in [1.54, 1.807) is 20.8 Å². The molecule has 15 N–H and O–H groups in total. The first-order chi connectivity index (χ1) is 55.6. The lowest BCUT2D eigenvalue weighted by molar-refractivity contribution is -0.150. The van der Waals surface area contributed by atoms with Gasteiger partial charge in [-0.1, -0.05) is 125 Å². The van der Waals surface area contributed by atoms with E-state index in [1.807, 2.05) is 91.0 Å². The molecule has 4 unspecified atom stereocenters. The number of anilines is 3. The molecule has 12 heterocycles. The highest BCUT2D eigenvalue weighted by Gasteiger charge is 2.58. The Morgan fingerprint density at radius 2 is 0.709 bits per heavy atom. The van der Waals surface area contributed by atoms with Crippen molar-refractivity contribution in [3.8, 4) is 17.6 Å². The van der Waals surface area contributed by atoms with Crippen LogP contribution in [0.1, 0.15) is 95.2 Å². The molecule has 0 bridgehead atoms. The van der Waals surface area contributed by atoms with Crippen LogP contribution in [0.5, 0.6) is 17.6 Å². The van der Waals surface area contributed by atoms with E-state index in [2.05, 4.69) is 60.1 Å². The molecule has 6 saturated heterocycles. The SMILES string of the molecule is COc1nc(N)nc2c1ncn2[C@@H]1OC(COP2(=O)N[C@@H](C(=O)O[C@H](C)c3ccccc3)CS2)[C@@H](O)[C@@]1(C)O.COc1nc(N)nc2c1ncn2[C@@H]1OC(CO[P@@]2(=O)N[C@@H](C(=O)O[C@H](C)c3ccccc3)CS2)[C@@H](O)[C@@]1(C)O.COc1nc(N)nc2c1ncn2[C@@H]1OC(CO[P@]2(=O)N[C@@H](C(=O)O[C@H](C)c3ccccc3)CS2)[C@@H](O)[C@@]1(C)O. The second-order valence-corrected chi connectivity index (χ2v) is 41.1. The Bertz CT molecular complexity index is 4730. The maximum absolute atomic E-state index is 13.3. The number of aromatic nitrogens is 12. The number of carbonyl (C=O) groups is 3. The van der Waals surface area contributed by atoms with Gasteiger partial charge in [0, 0.05) is 17.3 Å². The molecule has 48 heteroatoms. The second kappa shape index (κ2) is 35.2. The Labute approximate surface area is 678 Å². The lowest BCUT2D eigenvalue weighted by Crippen LogP contribution is -2.44. The van der Waals surface area contributed by atoms with Crippen LogP contribution in [0.3, 0.4) is 0 Å². The third-order valence-corrected chi connectivity index (χ3v) is 31.9. The van der Waals surface area contributed by atoms with Crippen LogP contribution < -0.4 is 46.7 Å². The number of imidazole rings is 3. The number of hydrogen-bond acceptors (Lipinski definition) is 39. The zero-order valence-corrected chi connectivity index (χ0v) is 69.1. The van der Waals surface area contributed by atoms with Gasteiger partial charge in [0.1, 0.15) is 89.9 Å². The average molecular weight is 1740 g/mol. The first-order valence-corrected chi connectivity index (χ1v) is 45.8. The summed E-state index contributed by atoms with van der Waals surface area (Å²) < 4.78 is 111. The molecule has 21 atom stereocenters. The highest BCUT2D eigenvalue weighted by Crippen LogP contribution is 2.63. The van der Waals surface area contributed by atoms with Crippen molar-refractivity contribution in [1.29, 1.82) is 0 Å². The number of esters is 3. The van der Waals surface area contributed by atoms with E-state index in [1.165, 1.54) is 74.8 Å². The molecular formula is C69H87N18O24P3S3. The number of nitrogens with two attached hydrogens (primary N) is 3. The largest absolute Gasteiger partial charge is 0.479 e. The predicted molar refractivity (Wildman–Crippen MR) is 422 cm³/mol. The fourth-order valence-corrected chi connectivity index (χ4v) is 25.0. The molecule has 6 aromatic heterocycles. The summed E-state index contributed by atoms with van der Waals surface area (Å²) in [4.78, 5) is 75.1. The van der Waals surface area contributed by atoms with E-state index >= 15 is 0 Å². The molecule has 0 amide bonds. The fourth-order valence-electron chi connectivity index (χ4n) is 13.4. The summed E-state index contributed by atoms with van der Waals surface area (Å²) >= 11 is 2.87. The lowest BCUT2D eigenvalue weighted by Gasteiger charge is -2.27. The summed E-state index contributed by atoms with van der Waals surface area (Å²) in [7, 11) is 4.22. The molecule has 6 fully saturated rings. The number of nitrogens with zero attached hydrogens (tertiary/aromatic N) is 12. The molecule has 6 aliphatic heterocycles. The Kier molecular flexibility index (Phi) is 26.0. The Morgan fingerprint density at radius 1 is 0.462 bits per heavy atom. The number of aliphatic hydroxyl groups excluding tert-OH is 3. The molecular weight excluding hydrogens is 1650 g/mol. The quantitative estimate of drug-likeness (QED) is 0.0222. The molecule has 9 aromatic rings. The van der Waals surface area contributed by atoms with Gasteiger partial charge in [0.25, 0.3) is 0 Å². The molecule has 6 aliphatic rings. The zero-order valence-electron chi connectivity index (χ0n) is 64.0. The van der Waals surface area contributed by atoms with Gasteiger partial charge in [0.2, 0.25) is 35.5 Å². The number of hydrogen-bond donors (Lipinski definition) is 12. The molecule has 0 spiro atoms. The number of benzene rings is 3. The smallest absolute Gasteiger partial charge is 0.327 e. The normalized spacial score (nSPS) is 31.4. The van der Waals surface area contributed by atoms with Gasteiger partial charge in [-0.25, -0.2) is 30.2 Å². The van der Waals surface area contributed by atoms with Crippen LogP contribution in [0, 0.1) is 0 Å². The van der Waals surface area contributed by atoms with Crippen LogP contribution in [0.15, 0.2) is 110 Å². The number of nitrogens with one attached hydrogen (secondary N) is 3. The summed E-state index contributed by atoms with van der Waals surface area (Å²) in [6.45, 7) is -2.16. The summed E-state index contributed by atoms with van der Waals surface area (Å²) in [5.41, 5.74) is 16.0. The lowest BCUT2D eigenvalue weighted by atomic mass is 9.96. The summed E-state index contributed by atoms with van der Waals surface area (Å²) in [6.07, 6.45) is -8.26. The van der Waals surface area contributed by atoms with E-state index in [0.717, 1.165) is 50.8 Å². The Balaban J connectivity index is 0.000000152. The Morgan fingerprint density at radius 3 is 0.949 bits per heavy atom. The molecule has 630 valence electrons. The summed E-state index contributed by atoms with van der Waals surface area (Å²) in [5.74, 6) is -0.929. The third-order valence-electron chi connectivity index (χ3n) is 19.8. The monoisotopic (exact) mass is 1740 g/mol. The number of fused-ring (bicyclic) bond motifs is 3. The molecule has 117 heavy (non-hydrogen) atoms. The van der Waals surface area contributed by atoms with Gasteiger partial charge in [0.05, 0.1) is 60.1 Å². The van der Waals surface area contributed by atoms with Crippen LogP contribution in [-0.2, 0) is 70.1 Å². The third kappa shape index (κ3) is 18.4. The Hall–Kier alpha value is -8.34. The van der Waals surface area contributed by atoms with Crippen molar-refractivity contribution in [3.63, 3.8) is 0 Å². The number of carbonyl (C=O) groups excluding carboxylic acids is 3. The minimum Gasteiger partial charge on any atom is -0.479 e. The van der Waals surface area contributed by atoms with Crippen molar-refractivity contribution >= 4 is 124 Å². The molecule has 0 radical (unpaired) electrons. The van der Waals surface area contributed by atoms with Crippen LogP contribution in [0.25, 0.3) is 33.5 Å². The minimum atomic E-state index is -3.53. The van der Waals surface area contributed by atoms with Crippen molar-refractivity contribution in [1.82, 2.24) is 73.8 Å². The van der Waals surface area contributed by atoms with Crippen molar-refractivity contribution in [2.24, 2.45) is 0 Å². The van der Waals surface area contributed by atoms with E-state index in [9.17, 15) is 58.7 Å². The first-order valence-electron chi connectivity index (χ1n) is 36.1. The van der Waals surface area contributed by atoms with E-state index < -0.39 is 147 Å². The van der Waals surface area contributed by atoms with E-state index in [-0.39, 0.29) is 106 Å². The molecule has 42 nitrogen and oxygen atoms in total. The molecule has 3 aromatic carbocycles. The summed E-state index contributed by atoms with van der Waals surface area (Å²) in [6, 6.07) is 25.3. The fraction of sp³-hybridized carbons (Fsp3) is 0.478. The van der Waals surface area contributed by atoms with Crippen LogP contribution >= 0.6 is 54.3 Å². The number of ether oxygens (including phenoxy) is 9. The first kappa shape index (κ1) is 86.5. The highest BCUT2D eigenvalue weighted by atomic mass is 32.7. The summed E-state index contributed by atoms with van der Waals surface area (Å²) in [5, 5.41) is 74.2. The average Bonchev–Trinajstić information content (AvgIpc) is 1.60. The van der Waals surface area contributed by atoms with Crippen molar-refractivity contribution in [3.05, 3.63) is 127 Å². The van der Waals surface area contributed by atoms with Crippen LogP contribution in [0.2, 0.25) is 0 Å². The van der Waals surface area contributed by atoms with Gasteiger partial charge in [-0.3, -0.25) is 41.8 Å². The zero-order chi connectivity index (χ0) is 83.8. The van der Waals surface area contributed by atoms with Crippen LogP contribution in [0.4, 0.5) is 17.8 Å². The van der Waals surface area contributed by atoms with Crippen molar-refractivity contribution in [2.75, 3.05) is 75.6 Å². The molecule has 0 aliphatic carbocycles. The maximum Gasteiger partial charge on any atom is 0.327 e. The van der Waals surface area contributed by atoms with Gasteiger partial charge in [0.15, 0.2) is 52.2 Å². The maximum atomic E-state index is 13.3. The molecule has 15 rings (SSSR count). The van der Waals surface area contributed by atoms with Gasteiger partial charge in [-0.05, 0) is 58.2 Å². The number of rotatable bonds is 24. The predicted octanol–water partition coefficient (Wildman–Crippen LogP) is 4.68. The van der Waals surface area contributed by atoms with Gasteiger partial charge < -0.3 is 104 Å². The number of aliphatic hydroxyl groups is 6. The second-order valence-electron chi connectivity index (χ2n) is 28.1.